The molecule has 0 radical (unpaired) electrons. The van der Waals surface area contributed by atoms with Gasteiger partial charge in [0.2, 0.25) is 0 Å². The minimum Gasteiger partial charge on any atom is -0.377 e. The van der Waals surface area contributed by atoms with Crippen LogP contribution in [-0.4, -0.2) is 35.9 Å². The van der Waals surface area contributed by atoms with Crippen molar-refractivity contribution in [2.24, 2.45) is 0 Å². The van der Waals surface area contributed by atoms with Gasteiger partial charge in [0.25, 0.3) is 11.6 Å². The van der Waals surface area contributed by atoms with Crippen molar-refractivity contribution in [1.82, 2.24) is 10.2 Å². The lowest BCUT2D eigenvalue weighted by molar-refractivity contribution is -0.384. The molecule has 7 heteroatoms. The highest BCUT2D eigenvalue weighted by atomic mass is 16.6. The molecule has 1 fully saturated rings. The van der Waals surface area contributed by atoms with Gasteiger partial charge in [-0.15, -0.1) is 0 Å². The van der Waals surface area contributed by atoms with E-state index in [-0.39, 0.29) is 17.2 Å². The molecule has 0 saturated heterocycles. The molecule has 0 bridgehead atoms. The van der Waals surface area contributed by atoms with Crippen LogP contribution in [0, 0.1) is 10.1 Å². The first-order valence-electron chi connectivity index (χ1n) is 8.98. The van der Waals surface area contributed by atoms with Gasteiger partial charge in [-0.2, -0.15) is 0 Å². The van der Waals surface area contributed by atoms with Crippen LogP contribution in [-0.2, 0) is 13.1 Å². The van der Waals surface area contributed by atoms with Crippen molar-refractivity contribution in [3.05, 3.63) is 69.3 Å². The lowest BCUT2D eigenvalue weighted by atomic mass is 10.1. The van der Waals surface area contributed by atoms with Crippen molar-refractivity contribution in [3.8, 4) is 0 Å². The third-order valence-electron chi connectivity index (χ3n) is 4.44. The fourth-order valence-corrected chi connectivity index (χ4v) is 2.90. The fraction of sp³-hybridized carbons (Fsp3) is 0.350. The molecule has 2 N–H and O–H groups in total. The van der Waals surface area contributed by atoms with Gasteiger partial charge in [-0.3, -0.25) is 14.9 Å². The average Bonchev–Trinajstić information content (AvgIpc) is 3.44. The van der Waals surface area contributed by atoms with Gasteiger partial charge in [0.05, 0.1) is 4.92 Å². The number of nitrogens with zero attached hydrogens (tertiary/aromatic N) is 2. The quantitative estimate of drug-likeness (QED) is 0.552. The number of carbonyl (C=O) groups excluding carboxylic acids is 1. The maximum Gasteiger partial charge on any atom is 0.293 e. The van der Waals surface area contributed by atoms with E-state index in [9.17, 15) is 14.9 Å². The number of nitro groups is 1. The van der Waals surface area contributed by atoms with Gasteiger partial charge < -0.3 is 15.5 Å². The SMILES string of the molecule is CN(C)Cc1ccccc1CNC(=O)c1ccc(NC2CC2)c([N+](=O)[O-])c1. The van der Waals surface area contributed by atoms with Gasteiger partial charge >= 0.3 is 0 Å². The van der Waals surface area contributed by atoms with Crippen LogP contribution in [0.15, 0.2) is 42.5 Å². The number of amides is 1. The maximum absolute atomic E-state index is 12.5. The summed E-state index contributed by atoms with van der Waals surface area (Å²) >= 11 is 0. The minimum atomic E-state index is -0.451. The van der Waals surface area contributed by atoms with E-state index in [1.165, 1.54) is 6.07 Å². The molecule has 1 aliphatic rings. The Morgan fingerprint density at radius 1 is 1.19 bits per heavy atom. The van der Waals surface area contributed by atoms with E-state index in [0.717, 1.165) is 30.5 Å². The number of anilines is 1. The molecule has 1 aliphatic carbocycles. The van der Waals surface area contributed by atoms with Crippen LogP contribution in [0.2, 0.25) is 0 Å². The third-order valence-corrected chi connectivity index (χ3v) is 4.44. The number of nitro benzene ring substituents is 1. The predicted octanol–water partition coefficient (Wildman–Crippen LogP) is 3.16. The summed E-state index contributed by atoms with van der Waals surface area (Å²) in [4.78, 5) is 25.5. The van der Waals surface area contributed by atoms with Crippen molar-refractivity contribution in [2.45, 2.75) is 32.0 Å². The van der Waals surface area contributed by atoms with Crippen molar-refractivity contribution in [3.63, 3.8) is 0 Å². The molecule has 142 valence electrons. The molecule has 0 atom stereocenters. The first-order valence-corrected chi connectivity index (χ1v) is 8.98. The molecule has 3 rings (SSSR count). The van der Waals surface area contributed by atoms with Crippen molar-refractivity contribution >= 4 is 17.3 Å². The molecule has 27 heavy (non-hydrogen) atoms. The molecule has 0 heterocycles. The van der Waals surface area contributed by atoms with Crippen LogP contribution in [0.3, 0.4) is 0 Å². The number of nitrogens with one attached hydrogen (secondary N) is 2. The van der Waals surface area contributed by atoms with Crippen molar-refractivity contribution < 1.29 is 9.72 Å². The van der Waals surface area contributed by atoms with E-state index < -0.39 is 4.92 Å². The van der Waals surface area contributed by atoms with E-state index in [4.69, 9.17) is 0 Å². The molecule has 0 unspecified atom stereocenters. The highest BCUT2D eigenvalue weighted by molar-refractivity contribution is 5.95. The summed E-state index contributed by atoms with van der Waals surface area (Å²) in [6.07, 6.45) is 2.04. The number of carbonyl (C=O) groups is 1. The smallest absolute Gasteiger partial charge is 0.293 e. The summed E-state index contributed by atoms with van der Waals surface area (Å²) in [5.74, 6) is -0.323. The molecule has 2 aromatic rings. The molecule has 2 aromatic carbocycles. The van der Waals surface area contributed by atoms with Crippen LogP contribution in [0.4, 0.5) is 11.4 Å². The predicted molar refractivity (Wildman–Crippen MR) is 105 cm³/mol. The Hall–Kier alpha value is -2.93. The lowest BCUT2D eigenvalue weighted by Crippen LogP contribution is -2.24. The summed E-state index contributed by atoms with van der Waals surface area (Å²) in [6, 6.07) is 12.8. The first-order chi connectivity index (χ1) is 12.9. The standard InChI is InChI=1S/C20H24N4O3/c1-23(2)13-16-6-4-3-5-15(16)12-21-20(25)14-7-10-18(22-17-8-9-17)19(11-14)24(26)27/h3-7,10-11,17,22H,8-9,12-13H2,1-2H3,(H,21,25). The van der Waals surface area contributed by atoms with Gasteiger partial charge in [0.15, 0.2) is 0 Å². The zero-order chi connectivity index (χ0) is 19.4. The molecular formula is C20H24N4O3. The molecule has 1 saturated carbocycles. The highest BCUT2D eigenvalue weighted by Gasteiger charge is 2.25. The zero-order valence-electron chi connectivity index (χ0n) is 15.6. The Morgan fingerprint density at radius 2 is 1.89 bits per heavy atom. The van der Waals surface area contributed by atoms with E-state index in [2.05, 4.69) is 15.5 Å². The summed E-state index contributed by atoms with van der Waals surface area (Å²) in [5, 5.41) is 17.4. The second-order valence-electron chi connectivity index (χ2n) is 7.10. The van der Waals surface area contributed by atoms with Gasteiger partial charge in [0.1, 0.15) is 5.69 Å². The number of rotatable bonds is 8. The lowest BCUT2D eigenvalue weighted by Gasteiger charge is -2.15. The van der Waals surface area contributed by atoms with E-state index in [0.29, 0.717) is 18.3 Å². The number of hydrogen-bond acceptors (Lipinski definition) is 5. The number of hydrogen-bond donors (Lipinski definition) is 2. The summed E-state index contributed by atoms with van der Waals surface area (Å²) in [6.45, 7) is 1.15. The fourth-order valence-electron chi connectivity index (χ4n) is 2.90. The van der Waals surface area contributed by atoms with Crippen molar-refractivity contribution in [1.29, 1.82) is 0 Å². The number of benzene rings is 2. The normalized spacial score (nSPS) is 13.4. The van der Waals surface area contributed by atoms with E-state index >= 15 is 0 Å². The monoisotopic (exact) mass is 368 g/mol. The topological polar surface area (TPSA) is 87.5 Å². The van der Waals surface area contributed by atoms with E-state index in [1.807, 2.05) is 38.4 Å². The molecule has 0 aliphatic heterocycles. The largest absolute Gasteiger partial charge is 0.377 e. The van der Waals surface area contributed by atoms with Gasteiger partial charge in [-0.1, -0.05) is 24.3 Å². The van der Waals surface area contributed by atoms with Crippen molar-refractivity contribution in [2.75, 3.05) is 19.4 Å². The third kappa shape index (κ3) is 5.04. The molecule has 7 nitrogen and oxygen atoms in total. The average molecular weight is 368 g/mol. The Labute approximate surface area is 158 Å². The molecule has 1 amide bonds. The van der Waals surface area contributed by atoms with Crippen LogP contribution in [0.25, 0.3) is 0 Å². The first kappa shape index (κ1) is 18.8. The second-order valence-corrected chi connectivity index (χ2v) is 7.10. The Bertz CT molecular complexity index is 847. The van der Waals surface area contributed by atoms with Crippen LogP contribution >= 0.6 is 0 Å². The highest BCUT2D eigenvalue weighted by Crippen LogP contribution is 2.31. The molecule has 0 aromatic heterocycles. The van der Waals surface area contributed by atoms with Gasteiger partial charge in [-0.05, 0) is 50.2 Å². The Kier molecular flexibility index (Phi) is 5.71. The molecular weight excluding hydrogens is 344 g/mol. The van der Waals surface area contributed by atoms with Gasteiger partial charge in [-0.25, -0.2) is 0 Å². The zero-order valence-corrected chi connectivity index (χ0v) is 15.6. The van der Waals surface area contributed by atoms with Crippen LogP contribution in [0.1, 0.15) is 34.3 Å². The summed E-state index contributed by atoms with van der Waals surface area (Å²) in [5.41, 5.74) is 2.85. The Morgan fingerprint density at radius 3 is 2.52 bits per heavy atom. The second kappa shape index (κ2) is 8.18. The van der Waals surface area contributed by atoms with Crippen LogP contribution < -0.4 is 10.6 Å². The summed E-state index contributed by atoms with van der Waals surface area (Å²) < 4.78 is 0. The minimum absolute atomic E-state index is 0.0671. The van der Waals surface area contributed by atoms with Gasteiger partial charge in [0, 0.05) is 30.8 Å². The Balaban J connectivity index is 1.71. The maximum atomic E-state index is 12.5. The summed E-state index contributed by atoms with van der Waals surface area (Å²) in [7, 11) is 3.98. The van der Waals surface area contributed by atoms with Crippen LogP contribution in [0.5, 0.6) is 0 Å². The molecule has 0 spiro atoms. The van der Waals surface area contributed by atoms with E-state index in [1.54, 1.807) is 12.1 Å².